The number of rotatable bonds is 4. The number of carbonyl (C=O) groups excluding carboxylic acids is 1. The lowest BCUT2D eigenvalue weighted by Gasteiger charge is -2.36. The molecule has 154 valence electrons. The molecule has 1 aliphatic carbocycles. The van der Waals surface area contributed by atoms with E-state index in [4.69, 9.17) is 5.73 Å². The highest BCUT2D eigenvalue weighted by atomic mass is 32.1. The standard InChI is InChI=1S/C18H17F4N5OS/c19-16(20)14-9(11-8-24-13-4-2-6-25-27(11)13)7-12(29-14)17(28)26-15-10(23)3-1-5-18(15,21)22/h2,4,6-8,10,15-16H,1,3,5,23H2,(H,26,28). The summed E-state index contributed by atoms with van der Waals surface area (Å²) in [4.78, 5) is 16.3. The van der Waals surface area contributed by atoms with Gasteiger partial charge >= 0.3 is 0 Å². The van der Waals surface area contributed by atoms with Crippen LogP contribution in [0.4, 0.5) is 17.6 Å². The van der Waals surface area contributed by atoms with Crippen molar-refractivity contribution in [2.75, 3.05) is 0 Å². The van der Waals surface area contributed by atoms with Gasteiger partial charge < -0.3 is 11.1 Å². The second-order valence-corrected chi connectivity index (χ2v) is 7.98. The lowest BCUT2D eigenvalue weighted by atomic mass is 9.87. The van der Waals surface area contributed by atoms with Crippen LogP contribution in [0.1, 0.15) is 40.2 Å². The monoisotopic (exact) mass is 427 g/mol. The molecule has 2 unspecified atom stereocenters. The highest BCUT2D eigenvalue weighted by Crippen LogP contribution is 2.39. The molecule has 6 nitrogen and oxygen atoms in total. The molecule has 3 aromatic heterocycles. The second kappa shape index (κ2) is 7.38. The van der Waals surface area contributed by atoms with Crippen LogP contribution >= 0.6 is 11.3 Å². The molecule has 11 heteroatoms. The number of halogens is 4. The van der Waals surface area contributed by atoms with Gasteiger partial charge in [-0.3, -0.25) is 4.79 Å². The van der Waals surface area contributed by atoms with Crippen LogP contribution in [-0.2, 0) is 0 Å². The number of amides is 1. The minimum Gasteiger partial charge on any atom is -0.341 e. The molecule has 0 saturated heterocycles. The first kappa shape index (κ1) is 19.8. The second-order valence-electron chi connectivity index (χ2n) is 6.89. The van der Waals surface area contributed by atoms with Crippen LogP contribution in [0.15, 0.2) is 30.6 Å². The molecular formula is C18H17F4N5OS. The molecule has 4 rings (SSSR count). The minimum absolute atomic E-state index is 0.0843. The van der Waals surface area contributed by atoms with Crippen molar-refractivity contribution in [2.24, 2.45) is 5.73 Å². The number of thiophene rings is 1. The van der Waals surface area contributed by atoms with Crippen molar-refractivity contribution in [3.63, 3.8) is 0 Å². The molecule has 0 aromatic carbocycles. The van der Waals surface area contributed by atoms with Gasteiger partial charge in [0.1, 0.15) is 6.04 Å². The summed E-state index contributed by atoms with van der Waals surface area (Å²) in [6.45, 7) is 0. The van der Waals surface area contributed by atoms with E-state index in [1.165, 1.54) is 23.0 Å². The number of imidazole rings is 1. The number of alkyl halides is 4. The molecule has 3 N–H and O–H groups in total. The van der Waals surface area contributed by atoms with E-state index in [2.05, 4.69) is 15.4 Å². The first-order valence-electron chi connectivity index (χ1n) is 8.93. The lowest BCUT2D eigenvalue weighted by molar-refractivity contribution is -0.0674. The third kappa shape index (κ3) is 3.60. The highest BCUT2D eigenvalue weighted by Gasteiger charge is 2.46. The minimum atomic E-state index is -3.15. The van der Waals surface area contributed by atoms with Crippen LogP contribution in [0.25, 0.3) is 16.9 Å². The summed E-state index contributed by atoms with van der Waals surface area (Å²) >= 11 is 0.556. The topological polar surface area (TPSA) is 85.3 Å². The molecule has 2 atom stereocenters. The predicted octanol–water partition coefficient (Wildman–Crippen LogP) is 3.64. The predicted molar refractivity (Wildman–Crippen MR) is 99.3 cm³/mol. The van der Waals surface area contributed by atoms with Gasteiger partial charge in [0.25, 0.3) is 18.3 Å². The van der Waals surface area contributed by atoms with Gasteiger partial charge in [0.05, 0.1) is 21.6 Å². The van der Waals surface area contributed by atoms with Crippen molar-refractivity contribution < 1.29 is 22.4 Å². The van der Waals surface area contributed by atoms with Crippen LogP contribution in [0.5, 0.6) is 0 Å². The first-order chi connectivity index (χ1) is 13.8. The Bertz CT molecular complexity index is 1050. The number of carbonyl (C=O) groups is 1. The van der Waals surface area contributed by atoms with E-state index < -0.39 is 30.3 Å². The van der Waals surface area contributed by atoms with E-state index in [-0.39, 0.29) is 33.9 Å². The van der Waals surface area contributed by atoms with Crippen LogP contribution in [-0.4, -0.2) is 38.5 Å². The molecule has 29 heavy (non-hydrogen) atoms. The van der Waals surface area contributed by atoms with Gasteiger partial charge in [-0.25, -0.2) is 27.1 Å². The van der Waals surface area contributed by atoms with Gasteiger partial charge in [0, 0.05) is 24.2 Å². The molecule has 1 aliphatic rings. The fourth-order valence-corrected chi connectivity index (χ4v) is 4.45. The molecule has 1 fully saturated rings. The summed E-state index contributed by atoms with van der Waals surface area (Å²) in [7, 11) is 0. The Hall–Kier alpha value is -2.53. The first-order valence-corrected chi connectivity index (χ1v) is 9.75. The van der Waals surface area contributed by atoms with Crippen molar-refractivity contribution in [3.8, 4) is 11.3 Å². The van der Waals surface area contributed by atoms with Crippen molar-refractivity contribution in [2.45, 2.75) is 43.7 Å². The van der Waals surface area contributed by atoms with Crippen LogP contribution in [0.3, 0.4) is 0 Å². The molecule has 0 spiro atoms. The third-order valence-electron chi connectivity index (χ3n) is 4.95. The van der Waals surface area contributed by atoms with Gasteiger partial charge in [0.2, 0.25) is 0 Å². The van der Waals surface area contributed by atoms with E-state index >= 15 is 0 Å². The molecule has 1 saturated carbocycles. The summed E-state index contributed by atoms with van der Waals surface area (Å²) in [5.41, 5.74) is 6.59. The Balaban J connectivity index is 1.69. The normalized spacial score (nSPS) is 21.6. The average Bonchev–Trinajstić information content (AvgIpc) is 3.28. The lowest BCUT2D eigenvalue weighted by Crippen LogP contribution is -2.59. The number of nitrogens with zero attached hydrogens (tertiary/aromatic N) is 3. The zero-order valence-electron chi connectivity index (χ0n) is 15.0. The number of nitrogens with one attached hydrogen (secondary N) is 1. The van der Waals surface area contributed by atoms with Crippen LogP contribution in [0, 0.1) is 0 Å². The highest BCUT2D eigenvalue weighted by molar-refractivity contribution is 7.14. The van der Waals surface area contributed by atoms with Crippen molar-refractivity contribution in [3.05, 3.63) is 40.3 Å². The SMILES string of the molecule is NC1CCCC(F)(F)C1NC(=O)c1cc(-c2cnc3cccnn23)c(C(F)F)s1. The molecule has 1 amide bonds. The van der Waals surface area contributed by atoms with E-state index in [0.29, 0.717) is 23.4 Å². The number of fused-ring (bicyclic) bond motifs is 1. The molecule has 0 aliphatic heterocycles. The molecule has 3 heterocycles. The fourth-order valence-electron chi connectivity index (χ4n) is 3.53. The number of hydrogen-bond donors (Lipinski definition) is 2. The zero-order chi connectivity index (χ0) is 20.8. The van der Waals surface area contributed by atoms with Gasteiger partial charge in [-0.2, -0.15) is 5.10 Å². The summed E-state index contributed by atoms with van der Waals surface area (Å²) < 4.78 is 57.0. The van der Waals surface area contributed by atoms with Crippen LogP contribution in [0.2, 0.25) is 0 Å². The van der Waals surface area contributed by atoms with E-state index in [1.807, 2.05) is 0 Å². The molecule has 3 aromatic rings. The molecule has 0 bridgehead atoms. The summed E-state index contributed by atoms with van der Waals surface area (Å²) in [5.74, 6) is -4.00. The maximum atomic E-state index is 14.2. The smallest absolute Gasteiger partial charge is 0.273 e. The van der Waals surface area contributed by atoms with Crippen molar-refractivity contribution >= 4 is 22.9 Å². The number of hydrogen-bond acceptors (Lipinski definition) is 5. The van der Waals surface area contributed by atoms with E-state index in [1.54, 1.807) is 12.1 Å². The Morgan fingerprint density at radius 2 is 2.21 bits per heavy atom. The maximum absolute atomic E-state index is 14.2. The summed E-state index contributed by atoms with van der Waals surface area (Å²) in [5, 5.41) is 6.34. The largest absolute Gasteiger partial charge is 0.341 e. The van der Waals surface area contributed by atoms with Gasteiger partial charge in [-0.1, -0.05) is 0 Å². The van der Waals surface area contributed by atoms with Crippen molar-refractivity contribution in [1.29, 1.82) is 0 Å². The van der Waals surface area contributed by atoms with Gasteiger partial charge in [0.15, 0.2) is 5.65 Å². The van der Waals surface area contributed by atoms with Gasteiger partial charge in [-0.15, -0.1) is 11.3 Å². The zero-order valence-corrected chi connectivity index (χ0v) is 15.8. The third-order valence-corrected chi connectivity index (χ3v) is 6.10. The van der Waals surface area contributed by atoms with Gasteiger partial charge in [-0.05, 0) is 31.0 Å². The summed E-state index contributed by atoms with van der Waals surface area (Å²) in [6, 6.07) is 2.12. The Kier molecular flexibility index (Phi) is 5.03. The van der Waals surface area contributed by atoms with E-state index in [9.17, 15) is 22.4 Å². The Labute approximate surface area is 166 Å². The fraction of sp³-hybridized carbons (Fsp3) is 0.389. The van der Waals surface area contributed by atoms with E-state index in [0.717, 1.165) is 0 Å². The number of aromatic nitrogens is 3. The maximum Gasteiger partial charge on any atom is 0.273 e. The van der Waals surface area contributed by atoms with Crippen LogP contribution < -0.4 is 11.1 Å². The quantitative estimate of drug-likeness (QED) is 0.623. The summed E-state index contributed by atoms with van der Waals surface area (Å²) in [6.07, 6.45) is 0.240. The number of nitrogens with two attached hydrogens (primary N) is 1. The average molecular weight is 427 g/mol. The molecule has 0 radical (unpaired) electrons. The Morgan fingerprint density at radius 1 is 1.41 bits per heavy atom. The van der Waals surface area contributed by atoms with Crippen molar-refractivity contribution in [1.82, 2.24) is 19.9 Å². The Morgan fingerprint density at radius 3 is 2.93 bits per heavy atom. The molecular weight excluding hydrogens is 410 g/mol.